The van der Waals surface area contributed by atoms with Gasteiger partial charge in [-0.25, -0.2) is 12.8 Å². The second-order valence-corrected chi connectivity index (χ2v) is 7.31. The van der Waals surface area contributed by atoms with Crippen LogP contribution < -0.4 is 5.32 Å². The Morgan fingerprint density at radius 3 is 2.38 bits per heavy atom. The van der Waals surface area contributed by atoms with Crippen molar-refractivity contribution >= 4 is 15.9 Å². The molecule has 7 heteroatoms. The molecule has 1 N–H and O–H groups in total. The molecule has 0 fully saturated rings. The van der Waals surface area contributed by atoms with Crippen LogP contribution in [0, 0.1) is 5.82 Å². The number of carbonyl (C=O) groups excluding carboxylic acids is 1. The molecular formula is C17H19FN2O3S. The first kappa shape index (κ1) is 18.1. The SMILES string of the molecule is CN(CC(=O)NCCc1ccccc1F)S(=O)(=O)c1ccccc1. The Balaban J connectivity index is 1.87. The second-order valence-electron chi connectivity index (χ2n) is 5.27. The van der Waals surface area contributed by atoms with E-state index < -0.39 is 15.9 Å². The van der Waals surface area contributed by atoms with Crippen LogP contribution in [0.5, 0.6) is 0 Å². The Labute approximate surface area is 141 Å². The Hall–Kier alpha value is -2.25. The zero-order valence-electron chi connectivity index (χ0n) is 13.3. The zero-order valence-corrected chi connectivity index (χ0v) is 14.1. The number of rotatable bonds is 7. The summed E-state index contributed by atoms with van der Waals surface area (Å²) in [5.41, 5.74) is 0.503. The molecule has 1 amide bonds. The summed E-state index contributed by atoms with van der Waals surface area (Å²) in [5, 5.41) is 2.60. The monoisotopic (exact) mass is 350 g/mol. The van der Waals surface area contributed by atoms with Crippen LogP contribution >= 0.6 is 0 Å². The molecule has 0 aliphatic rings. The average Bonchev–Trinajstić information content (AvgIpc) is 2.57. The molecule has 0 radical (unpaired) electrons. The maximum Gasteiger partial charge on any atom is 0.243 e. The zero-order chi connectivity index (χ0) is 17.6. The van der Waals surface area contributed by atoms with Crippen molar-refractivity contribution in [2.45, 2.75) is 11.3 Å². The summed E-state index contributed by atoms with van der Waals surface area (Å²) in [7, 11) is -2.36. The van der Waals surface area contributed by atoms with Crippen LogP contribution in [0.25, 0.3) is 0 Å². The quantitative estimate of drug-likeness (QED) is 0.828. The Bertz CT molecular complexity index is 794. The lowest BCUT2D eigenvalue weighted by Gasteiger charge is -2.16. The first-order valence-corrected chi connectivity index (χ1v) is 8.87. The molecule has 2 rings (SSSR count). The minimum Gasteiger partial charge on any atom is -0.355 e. The topological polar surface area (TPSA) is 66.5 Å². The van der Waals surface area contributed by atoms with Crippen LogP contribution in [0.15, 0.2) is 59.5 Å². The Morgan fingerprint density at radius 1 is 1.08 bits per heavy atom. The summed E-state index contributed by atoms with van der Waals surface area (Å²) in [6.07, 6.45) is 0.341. The van der Waals surface area contributed by atoms with Gasteiger partial charge >= 0.3 is 0 Å². The third-order valence-electron chi connectivity index (χ3n) is 3.49. The van der Waals surface area contributed by atoms with E-state index >= 15 is 0 Å². The summed E-state index contributed by atoms with van der Waals surface area (Å²) in [6, 6.07) is 14.2. The third kappa shape index (κ3) is 4.62. The lowest BCUT2D eigenvalue weighted by atomic mass is 10.1. The van der Waals surface area contributed by atoms with Crippen molar-refractivity contribution in [3.05, 3.63) is 66.0 Å². The number of carbonyl (C=O) groups is 1. The lowest BCUT2D eigenvalue weighted by molar-refractivity contribution is -0.121. The van der Waals surface area contributed by atoms with Gasteiger partial charge in [-0.3, -0.25) is 4.79 Å². The van der Waals surface area contributed by atoms with Crippen molar-refractivity contribution in [2.75, 3.05) is 20.1 Å². The molecule has 0 spiro atoms. The molecule has 2 aromatic carbocycles. The van der Waals surface area contributed by atoms with Crippen LogP contribution in [0.1, 0.15) is 5.56 Å². The minimum atomic E-state index is -3.71. The van der Waals surface area contributed by atoms with E-state index in [2.05, 4.69) is 5.32 Å². The molecule has 0 aliphatic heterocycles. The number of nitrogens with one attached hydrogen (secondary N) is 1. The standard InChI is InChI=1S/C17H19FN2O3S/c1-20(24(22,23)15-8-3-2-4-9-15)13-17(21)19-12-11-14-7-5-6-10-16(14)18/h2-10H,11-13H2,1H3,(H,19,21). The van der Waals surface area contributed by atoms with Gasteiger partial charge in [0.1, 0.15) is 5.82 Å². The number of nitrogens with zero attached hydrogens (tertiary/aromatic N) is 1. The highest BCUT2D eigenvalue weighted by Gasteiger charge is 2.22. The van der Waals surface area contributed by atoms with Crippen molar-refractivity contribution < 1.29 is 17.6 Å². The molecule has 0 saturated carbocycles. The fraction of sp³-hybridized carbons (Fsp3) is 0.235. The number of amides is 1. The molecule has 5 nitrogen and oxygen atoms in total. The number of hydrogen-bond donors (Lipinski definition) is 1. The minimum absolute atomic E-state index is 0.131. The molecule has 24 heavy (non-hydrogen) atoms. The molecule has 0 heterocycles. The highest BCUT2D eigenvalue weighted by molar-refractivity contribution is 7.89. The molecule has 0 bridgehead atoms. The van der Waals surface area contributed by atoms with Gasteiger partial charge < -0.3 is 5.32 Å². The Kier molecular flexibility index (Phi) is 6.05. The van der Waals surface area contributed by atoms with Crippen LogP contribution in [-0.2, 0) is 21.2 Å². The fourth-order valence-corrected chi connectivity index (χ4v) is 3.30. The Morgan fingerprint density at radius 2 is 1.71 bits per heavy atom. The molecule has 128 valence electrons. The third-order valence-corrected chi connectivity index (χ3v) is 5.31. The number of hydrogen-bond acceptors (Lipinski definition) is 3. The molecule has 0 saturated heterocycles. The van der Waals surface area contributed by atoms with E-state index in [-0.39, 0.29) is 23.8 Å². The highest BCUT2D eigenvalue weighted by atomic mass is 32.2. The highest BCUT2D eigenvalue weighted by Crippen LogP contribution is 2.13. The molecule has 0 aliphatic carbocycles. The van der Waals surface area contributed by atoms with Crippen LogP contribution in [0.3, 0.4) is 0 Å². The van der Waals surface area contributed by atoms with E-state index in [1.165, 1.54) is 25.2 Å². The number of halogens is 1. The first-order valence-electron chi connectivity index (χ1n) is 7.43. The molecule has 0 aromatic heterocycles. The normalized spacial score (nSPS) is 11.5. The van der Waals surface area contributed by atoms with E-state index in [9.17, 15) is 17.6 Å². The number of sulfonamides is 1. The van der Waals surface area contributed by atoms with Gasteiger partial charge in [0.15, 0.2) is 0 Å². The van der Waals surface area contributed by atoms with E-state index in [0.717, 1.165) is 4.31 Å². The van der Waals surface area contributed by atoms with Gasteiger partial charge in [-0.2, -0.15) is 4.31 Å². The van der Waals surface area contributed by atoms with Crippen molar-refractivity contribution in [1.82, 2.24) is 9.62 Å². The van der Waals surface area contributed by atoms with Gasteiger partial charge in [-0.15, -0.1) is 0 Å². The summed E-state index contributed by atoms with van der Waals surface area (Å²) >= 11 is 0. The van der Waals surface area contributed by atoms with Crippen molar-refractivity contribution in [1.29, 1.82) is 0 Å². The predicted molar refractivity (Wildman–Crippen MR) is 89.4 cm³/mol. The largest absolute Gasteiger partial charge is 0.355 e. The van der Waals surface area contributed by atoms with Gasteiger partial charge in [0.25, 0.3) is 0 Å². The molecule has 2 aromatic rings. The summed E-state index contributed by atoms with van der Waals surface area (Å²) < 4.78 is 39.1. The lowest BCUT2D eigenvalue weighted by Crippen LogP contribution is -2.39. The van der Waals surface area contributed by atoms with E-state index in [4.69, 9.17) is 0 Å². The van der Waals surface area contributed by atoms with Crippen molar-refractivity contribution in [3.8, 4) is 0 Å². The fourth-order valence-electron chi connectivity index (χ4n) is 2.15. The van der Waals surface area contributed by atoms with Crippen molar-refractivity contribution in [2.24, 2.45) is 0 Å². The van der Waals surface area contributed by atoms with E-state index in [1.807, 2.05) is 0 Å². The first-order chi connectivity index (χ1) is 11.4. The van der Waals surface area contributed by atoms with E-state index in [1.54, 1.807) is 36.4 Å². The van der Waals surface area contributed by atoms with Crippen LogP contribution in [-0.4, -0.2) is 38.8 Å². The van der Waals surface area contributed by atoms with Crippen LogP contribution in [0.2, 0.25) is 0 Å². The predicted octanol–water partition coefficient (Wildman–Crippen LogP) is 1.81. The molecule has 0 atom stereocenters. The van der Waals surface area contributed by atoms with Gasteiger partial charge in [0.05, 0.1) is 11.4 Å². The maximum absolute atomic E-state index is 13.5. The average molecular weight is 350 g/mol. The number of likely N-dealkylation sites (N-methyl/N-ethyl adjacent to an activating group) is 1. The van der Waals surface area contributed by atoms with Crippen LogP contribution in [0.4, 0.5) is 4.39 Å². The molecule has 0 unspecified atom stereocenters. The smallest absolute Gasteiger partial charge is 0.243 e. The summed E-state index contributed by atoms with van der Waals surface area (Å²) in [4.78, 5) is 12.0. The van der Waals surface area contributed by atoms with Gasteiger partial charge in [0.2, 0.25) is 15.9 Å². The molecular weight excluding hydrogens is 331 g/mol. The van der Waals surface area contributed by atoms with Gasteiger partial charge in [-0.05, 0) is 30.2 Å². The summed E-state index contributed by atoms with van der Waals surface area (Å²) in [6.45, 7) is -0.0620. The maximum atomic E-state index is 13.5. The number of benzene rings is 2. The van der Waals surface area contributed by atoms with E-state index in [0.29, 0.717) is 12.0 Å². The van der Waals surface area contributed by atoms with Gasteiger partial charge in [-0.1, -0.05) is 36.4 Å². The second kappa shape index (κ2) is 8.03. The van der Waals surface area contributed by atoms with Crippen molar-refractivity contribution in [3.63, 3.8) is 0 Å². The van der Waals surface area contributed by atoms with Gasteiger partial charge in [0, 0.05) is 13.6 Å². The summed E-state index contributed by atoms with van der Waals surface area (Å²) in [5.74, 6) is -0.760.